The van der Waals surface area contributed by atoms with Crippen LogP contribution in [0.15, 0.2) is 10.5 Å². The molecule has 1 heterocycles. The molecule has 3 nitrogen and oxygen atoms in total. The molecule has 10 heavy (non-hydrogen) atoms. The third-order valence-corrected chi connectivity index (χ3v) is 2.15. The Labute approximate surface area is 63.0 Å². The second-order valence-electron chi connectivity index (χ2n) is 1.98. The Bertz CT molecular complexity index is 254. The standard InChI is InChI=1S/C6H8N2OS/c1-4-3-10-6(7-4)5(2)8-9/h3,9H,1-2H3. The average Bonchev–Trinajstić information content (AvgIpc) is 2.34. The molecule has 1 rings (SSSR count). The molecule has 1 aromatic rings. The third-order valence-electron chi connectivity index (χ3n) is 1.08. The first kappa shape index (κ1) is 7.21. The number of rotatable bonds is 1. The molecule has 0 saturated carbocycles. The Morgan fingerprint density at radius 2 is 2.50 bits per heavy atom. The van der Waals surface area contributed by atoms with E-state index in [4.69, 9.17) is 5.21 Å². The number of aromatic nitrogens is 1. The molecule has 0 radical (unpaired) electrons. The summed E-state index contributed by atoms with van der Waals surface area (Å²) < 4.78 is 0. The summed E-state index contributed by atoms with van der Waals surface area (Å²) in [5, 5.41) is 14.1. The fourth-order valence-electron chi connectivity index (χ4n) is 0.563. The molecule has 1 aromatic heterocycles. The van der Waals surface area contributed by atoms with Gasteiger partial charge in [0.1, 0.15) is 10.7 Å². The second-order valence-corrected chi connectivity index (χ2v) is 2.84. The maximum atomic E-state index is 8.35. The summed E-state index contributed by atoms with van der Waals surface area (Å²) in [7, 11) is 0. The molecule has 0 aliphatic heterocycles. The van der Waals surface area contributed by atoms with E-state index in [0.717, 1.165) is 10.7 Å². The van der Waals surface area contributed by atoms with Gasteiger partial charge in [-0.15, -0.1) is 11.3 Å². The van der Waals surface area contributed by atoms with Crippen molar-refractivity contribution in [3.05, 3.63) is 16.1 Å². The van der Waals surface area contributed by atoms with Crippen molar-refractivity contribution in [2.75, 3.05) is 0 Å². The van der Waals surface area contributed by atoms with Gasteiger partial charge in [0.25, 0.3) is 0 Å². The van der Waals surface area contributed by atoms with Gasteiger partial charge in [-0.2, -0.15) is 0 Å². The van der Waals surface area contributed by atoms with Gasteiger partial charge in [-0.25, -0.2) is 4.98 Å². The molecule has 0 aromatic carbocycles. The maximum absolute atomic E-state index is 8.35. The van der Waals surface area contributed by atoms with Gasteiger partial charge < -0.3 is 5.21 Å². The summed E-state index contributed by atoms with van der Waals surface area (Å²) in [6.07, 6.45) is 0. The molecule has 0 unspecified atom stereocenters. The van der Waals surface area contributed by atoms with E-state index in [1.807, 2.05) is 12.3 Å². The van der Waals surface area contributed by atoms with Gasteiger partial charge in [-0.05, 0) is 13.8 Å². The second kappa shape index (κ2) is 2.79. The van der Waals surface area contributed by atoms with Crippen molar-refractivity contribution >= 4 is 17.0 Å². The van der Waals surface area contributed by atoms with Gasteiger partial charge in [-0.1, -0.05) is 5.16 Å². The molecule has 4 heteroatoms. The van der Waals surface area contributed by atoms with Gasteiger partial charge in [0.2, 0.25) is 0 Å². The lowest BCUT2D eigenvalue weighted by Crippen LogP contribution is -1.92. The maximum Gasteiger partial charge on any atom is 0.140 e. The Balaban J connectivity index is 2.95. The van der Waals surface area contributed by atoms with Crippen molar-refractivity contribution in [2.45, 2.75) is 13.8 Å². The first-order chi connectivity index (χ1) is 4.74. The van der Waals surface area contributed by atoms with Gasteiger partial charge in [-0.3, -0.25) is 0 Å². The van der Waals surface area contributed by atoms with Crippen LogP contribution < -0.4 is 0 Å². The topological polar surface area (TPSA) is 45.5 Å². The molecule has 0 aliphatic rings. The van der Waals surface area contributed by atoms with Crippen LogP contribution in [0.5, 0.6) is 0 Å². The number of thiazole rings is 1. The van der Waals surface area contributed by atoms with E-state index < -0.39 is 0 Å². The molecule has 0 saturated heterocycles. The quantitative estimate of drug-likeness (QED) is 0.381. The van der Waals surface area contributed by atoms with Gasteiger partial charge in [0.15, 0.2) is 0 Å². The zero-order valence-electron chi connectivity index (χ0n) is 5.83. The Morgan fingerprint density at radius 1 is 1.80 bits per heavy atom. The van der Waals surface area contributed by atoms with E-state index in [2.05, 4.69) is 10.1 Å². The predicted molar refractivity (Wildman–Crippen MR) is 40.8 cm³/mol. The normalized spacial score (nSPS) is 12.0. The van der Waals surface area contributed by atoms with Crippen LogP contribution >= 0.6 is 11.3 Å². The summed E-state index contributed by atoms with van der Waals surface area (Å²) in [6, 6.07) is 0. The molecular weight excluding hydrogens is 148 g/mol. The lowest BCUT2D eigenvalue weighted by molar-refractivity contribution is 0.319. The van der Waals surface area contributed by atoms with E-state index in [1.54, 1.807) is 6.92 Å². The van der Waals surface area contributed by atoms with Crippen molar-refractivity contribution in [1.82, 2.24) is 4.98 Å². The minimum Gasteiger partial charge on any atom is -0.411 e. The Morgan fingerprint density at radius 3 is 2.90 bits per heavy atom. The molecule has 0 bridgehead atoms. The largest absolute Gasteiger partial charge is 0.411 e. The van der Waals surface area contributed by atoms with Gasteiger partial charge in [0.05, 0.1) is 0 Å². The van der Waals surface area contributed by atoms with Crippen molar-refractivity contribution in [3.63, 3.8) is 0 Å². The molecular formula is C6H8N2OS. The lowest BCUT2D eigenvalue weighted by atomic mass is 10.4. The summed E-state index contributed by atoms with van der Waals surface area (Å²) in [5.74, 6) is 0. The molecule has 1 N–H and O–H groups in total. The summed E-state index contributed by atoms with van der Waals surface area (Å²) in [5.41, 5.74) is 1.53. The minimum atomic E-state index is 0.568. The van der Waals surface area contributed by atoms with E-state index in [1.165, 1.54) is 11.3 Å². The highest BCUT2D eigenvalue weighted by Crippen LogP contribution is 2.08. The first-order valence-electron chi connectivity index (χ1n) is 2.85. The smallest absolute Gasteiger partial charge is 0.140 e. The highest BCUT2D eigenvalue weighted by Gasteiger charge is 2.00. The highest BCUT2D eigenvalue weighted by molar-refractivity contribution is 7.11. The zero-order chi connectivity index (χ0) is 7.56. The number of nitrogens with zero attached hydrogens (tertiary/aromatic N) is 2. The van der Waals surface area contributed by atoms with Crippen molar-refractivity contribution in [2.24, 2.45) is 5.16 Å². The SMILES string of the molecule is CC(=NO)c1nc(C)cs1. The first-order valence-corrected chi connectivity index (χ1v) is 3.73. The average molecular weight is 156 g/mol. The van der Waals surface area contributed by atoms with Crippen molar-refractivity contribution in [3.8, 4) is 0 Å². The molecule has 0 aliphatic carbocycles. The van der Waals surface area contributed by atoms with Crippen molar-refractivity contribution in [1.29, 1.82) is 0 Å². The van der Waals surface area contributed by atoms with E-state index in [-0.39, 0.29) is 0 Å². The molecule has 0 atom stereocenters. The Hall–Kier alpha value is -0.900. The van der Waals surface area contributed by atoms with Crippen LogP contribution in [-0.4, -0.2) is 15.9 Å². The van der Waals surface area contributed by atoms with Gasteiger partial charge >= 0.3 is 0 Å². The molecule has 0 fully saturated rings. The number of aryl methyl sites for hydroxylation is 1. The number of hydrogen-bond donors (Lipinski definition) is 1. The van der Waals surface area contributed by atoms with Crippen LogP contribution in [0.1, 0.15) is 17.6 Å². The number of oxime groups is 1. The summed E-state index contributed by atoms with van der Waals surface area (Å²) >= 11 is 1.48. The lowest BCUT2D eigenvalue weighted by Gasteiger charge is -1.86. The van der Waals surface area contributed by atoms with E-state index in [9.17, 15) is 0 Å². The van der Waals surface area contributed by atoms with Crippen LogP contribution in [0.4, 0.5) is 0 Å². The highest BCUT2D eigenvalue weighted by atomic mass is 32.1. The van der Waals surface area contributed by atoms with Crippen LogP contribution in [0.25, 0.3) is 0 Å². The fraction of sp³-hybridized carbons (Fsp3) is 0.333. The molecule has 54 valence electrons. The van der Waals surface area contributed by atoms with Crippen LogP contribution in [0.2, 0.25) is 0 Å². The van der Waals surface area contributed by atoms with Crippen LogP contribution in [0.3, 0.4) is 0 Å². The molecule has 0 amide bonds. The van der Waals surface area contributed by atoms with Crippen LogP contribution in [-0.2, 0) is 0 Å². The zero-order valence-corrected chi connectivity index (χ0v) is 6.64. The van der Waals surface area contributed by atoms with E-state index >= 15 is 0 Å². The third kappa shape index (κ3) is 1.33. The van der Waals surface area contributed by atoms with Gasteiger partial charge in [0, 0.05) is 11.1 Å². The fourth-order valence-corrected chi connectivity index (χ4v) is 1.31. The predicted octanol–water partition coefficient (Wildman–Crippen LogP) is 1.65. The van der Waals surface area contributed by atoms with Crippen LogP contribution in [0, 0.1) is 6.92 Å². The summed E-state index contributed by atoms with van der Waals surface area (Å²) in [4.78, 5) is 4.11. The van der Waals surface area contributed by atoms with Crippen molar-refractivity contribution < 1.29 is 5.21 Å². The Kier molecular flexibility index (Phi) is 2.01. The minimum absolute atomic E-state index is 0.568. The molecule has 0 spiro atoms. The van der Waals surface area contributed by atoms with E-state index in [0.29, 0.717) is 5.71 Å². The summed E-state index contributed by atoms with van der Waals surface area (Å²) in [6.45, 7) is 3.63. The monoisotopic (exact) mass is 156 g/mol. The number of hydrogen-bond acceptors (Lipinski definition) is 4.